The number of benzene rings is 1. The van der Waals surface area contributed by atoms with Gasteiger partial charge in [-0.15, -0.1) is 0 Å². The van der Waals surface area contributed by atoms with Crippen LogP contribution in [0.2, 0.25) is 0 Å². The minimum Gasteiger partial charge on any atom is -0.336 e. The predicted molar refractivity (Wildman–Crippen MR) is 64.7 cm³/mol. The van der Waals surface area contributed by atoms with Crippen LogP contribution in [0.25, 0.3) is 0 Å². The smallest absolute Gasteiger partial charge is 0.253 e. The Kier molecular flexibility index (Phi) is 3.74. The number of piperazine rings is 1. The molecule has 2 rings (SSSR count). The molecule has 0 radical (unpaired) electrons. The molecule has 0 bridgehead atoms. The minimum absolute atomic E-state index is 0.0449. The van der Waals surface area contributed by atoms with Crippen molar-refractivity contribution in [3.05, 3.63) is 35.4 Å². The Morgan fingerprint density at radius 1 is 1.18 bits per heavy atom. The second-order valence-electron chi connectivity index (χ2n) is 4.43. The standard InChI is InChI=1S/C13H17FN2O/c1-15-6-8-16(9-7-15)13(17)12-4-2-11(10-14)3-5-12/h2-5H,6-10H2,1H3. The van der Waals surface area contributed by atoms with E-state index in [0.29, 0.717) is 11.1 Å². The van der Waals surface area contributed by atoms with Gasteiger partial charge in [-0.25, -0.2) is 4.39 Å². The Morgan fingerprint density at radius 3 is 2.29 bits per heavy atom. The lowest BCUT2D eigenvalue weighted by atomic mass is 10.1. The van der Waals surface area contributed by atoms with Gasteiger partial charge in [-0.05, 0) is 24.7 Å². The van der Waals surface area contributed by atoms with Crippen LogP contribution in [-0.2, 0) is 6.67 Å². The maximum Gasteiger partial charge on any atom is 0.253 e. The quantitative estimate of drug-likeness (QED) is 0.777. The fraction of sp³-hybridized carbons (Fsp3) is 0.462. The number of hydrogen-bond donors (Lipinski definition) is 0. The van der Waals surface area contributed by atoms with Crippen molar-refractivity contribution in [2.24, 2.45) is 0 Å². The van der Waals surface area contributed by atoms with Gasteiger partial charge in [-0.3, -0.25) is 4.79 Å². The third-order valence-electron chi connectivity index (χ3n) is 3.15. The van der Waals surface area contributed by atoms with Crippen LogP contribution >= 0.6 is 0 Å². The van der Waals surface area contributed by atoms with E-state index in [2.05, 4.69) is 11.9 Å². The molecule has 1 aliphatic heterocycles. The Hall–Kier alpha value is -1.42. The molecule has 4 heteroatoms. The first-order chi connectivity index (χ1) is 8.20. The molecule has 1 aliphatic rings. The van der Waals surface area contributed by atoms with E-state index in [0.717, 1.165) is 26.2 Å². The van der Waals surface area contributed by atoms with Gasteiger partial charge in [0.05, 0.1) is 0 Å². The number of likely N-dealkylation sites (N-methyl/N-ethyl adjacent to an activating group) is 1. The van der Waals surface area contributed by atoms with Gasteiger partial charge in [0.15, 0.2) is 0 Å². The molecule has 0 atom stereocenters. The molecule has 1 saturated heterocycles. The summed E-state index contributed by atoms with van der Waals surface area (Å²) in [7, 11) is 2.05. The summed E-state index contributed by atoms with van der Waals surface area (Å²) in [6.45, 7) is 2.87. The van der Waals surface area contributed by atoms with Gasteiger partial charge >= 0.3 is 0 Å². The Labute approximate surface area is 101 Å². The number of amides is 1. The molecule has 1 aromatic carbocycles. The van der Waals surface area contributed by atoms with Crippen molar-refractivity contribution in [3.8, 4) is 0 Å². The molecule has 0 unspecified atom stereocenters. The van der Waals surface area contributed by atoms with Crippen LogP contribution in [-0.4, -0.2) is 48.9 Å². The molecular formula is C13H17FN2O. The average molecular weight is 236 g/mol. The molecular weight excluding hydrogens is 219 g/mol. The van der Waals surface area contributed by atoms with Gasteiger partial charge in [0.25, 0.3) is 5.91 Å². The number of halogens is 1. The molecule has 1 amide bonds. The van der Waals surface area contributed by atoms with Crippen molar-refractivity contribution in [1.82, 2.24) is 9.80 Å². The van der Waals surface area contributed by atoms with Crippen molar-refractivity contribution < 1.29 is 9.18 Å². The summed E-state index contributed by atoms with van der Waals surface area (Å²) in [5, 5.41) is 0. The highest BCUT2D eigenvalue weighted by Gasteiger charge is 2.19. The second kappa shape index (κ2) is 5.27. The van der Waals surface area contributed by atoms with Crippen LogP contribution in [0.3, 0.4) is 0 Å². The van der Waals surface area contributed by atoms with E-state index in [1.54, 1.807) is 24.3 Å². The van der Waals surface area contributed by atoms with Crippen LogP contribution in [0.4, 0.5) is 4.39 Å². The number of alkyl halides is 1. The van der Waals surface area contributed by atoms with Crippen LogP contribution < -0.4 is 0 Å². The zero-order valence-electron chi connectivity index (χ0n) is 10.0. The largest absolute Gasteiger partial charge is 0.336 e. The molecule has 0 aromatic heterocycles. The maximum atomic E-state index is 12.4. The van der Waals surface area contributed by atoms with E-state index in [-0.39, 0.29) is 5.91 Å². The summed E-state index contributed by atoms with van der Waals surface area (Å²) in [5.41, 5.74) is 1.26. The zero-order chi connectivity index (χ0) is 12.3. The monoisotopic (exact) mass is 236 g/mol. The van der Waals surface area contributed by atoms with Crippen molar-refractivity contribution in [1.29, 1.82) is 0 Å². The summed E-state index contributed by atoms with van der Waals surface area (Å²) < 4.78 is 12.4. The third kappa shape index (κ3) is 2.82. The number of hydrogen-bond acceptors (Lipinski definition) is 2. The molecule has 1 aromatic rings. The van der Waals surface area contributed by atoms with E-state index in [4.69, 9.17) is 0 Å². The molecule has 0 N–H and O–H groups in total. The Morgan fingerprint density at radius 2 is 1.76 bits per heavy atom. The van der Waals surface area contributed by atoms with E-state index in [9.17, 15) is 9.18 Å². The molecule has 1 heterocycles. The summed E-state index contributed by atoms with van der Waals surface area (Å²) >= 11 is 0. The van der Waals surface area contributed by atoms with Gasteiger partial charge in [0.2, 0.25) is 0 Å². The first-order valence-electron chi connectivity index (χ1n) is 5.83. The highest BCUT2D eigenvalue weighted by molar-refractivity contribution is 5.94. The van der Waals surface area contributed by atoms with Crippen molar-refractivity contribution in [3.63, 3.8) is 0 Å². The molecule has 0 spiro atoms. The highest BCUT2D eigenvalue weighted by Crippen LogP contribution is 2.10. The van der Waals surface area contributed by atoms with Gasteiger partial charge in [-0.1, -0.05) is 12.1 Å². The van der Waals surface area contributed by atoms with Crippen LogP contribution in [0, 0.1) is 0 Å². The van der Waals surface area contributed by atoms with Gasteiger partial charge < -0.3 is 9.80 Å². The molecule has 1 fully saturated rings. The first kappa shape index (κ1) is 12.0. The molecule has 0 aliphatic carbocycles. The average Bonchev–Trinajstić information content (AvgIpc) is 2.39. The van der Waals surface area contributed by atoms with E-state index in [1.165, 1.54) is 0 Å². The Balaban J connectivity index is 2.03. The van der Waals surface area contributed by atoms with Crippen molar-refractivity contribution in [2.45, 2.75) is 6.67 Å². The molecule has 3 nitrogen and oxygen atoms in total. The van der Waals surface area contributed by atoms with Crippen molar-refractivity contribution >= 4 is 5.91 Å². The fourth-order valence-electron chi connectivity index (χ4n) is 1.93. The van der Waals surface area contributed by atoms with Crippen LogP contribution in [0.15, 0.2) is 24.3 Å². The lowest BCUT2D eigenvalue weighted by molar-refractivity contribution is 0.0664. The lowest BCUT2D eigenvalue weighted by Gasteiger charge is -2.32. The normalized spacial score (nSPS) is 17.2. The van der Waals surface area contributed by atoms with E-state index >= 15 is 0 Å². The predicted octanol–water partition coefficient (Wildman–Crippen LogP) is 1.54. The van der Waals surface area contributed by atoms with Gasteiger partial charge in [0.1, 0.15) is 6.67 Å². The highest BCUT2D eigenvalue weighted by atomic mass is 19.1. The first-order valence-corrected chi connectivity index (χ1v) is 5.83. The molecule has 92 valence electrons. The van der Waals surface area contributed by atoms with Gasteiger partial charge in [-0.2, -0.15) is 0 Å². The number of nitrogens with zero attached hydrogens (tertiary/aromatic N) is 2. The van der Waals surface area contributed by atoms with Crippen LogP contribution in [0.1, 0.15) is 15.9 Å². The number of carbonyl (C=O) groups is 1. The summed E-state index contributed by atoms with van der Waals surface area (Å²) in [6, 6.07) is 6.75. The Bertz CT molecular complexity index is 383. The van der Waals surface area contributed by atoms with Crippen molar-refractivity contribution in [2.75, 3.05) is 33.2 Å². The summed E-state index contributed by atoms with van der Waals surface area (Å²) in [4.78, 5) is 16.2. The van der Waals surface area contributed by atoms with Crippen LogP contribution in [0.5, 0.6) is 0 Å². The number of rotatable bonds is 2. The van der Waals surface area contributed by atoms with Gasteiger partial charge in [0, 0.05) is 31.7 Å². The fourth-order valence-corrected chi connectivity index (χ4v) is 1.93. The zero-order valence-corrected chi connectivity index (χ0v) is 10.0. The maximum absolute atomic E-state index is 12.4. The molecule has 17 heavy (non-hydrogen) atoms. The number of carbonyl (C=O) groups excluding carboxylic acids is 1. The molecule has 0 saturated carbocycles. The topological polar surface area (TPSA) is 23.6 Å². The lowest BCUT2D eigenvalue weighted by Crippen LogP contribution is -2.47. The third-order valence-corrected chi connectivity index (χ3v) is 3.15. The summed E-state index contributed by atoms with van der Waals surface area (Å²) in [6.07, 6.45) is 0. The van der Waals surface area contributed by atoms with E-state index in [1.807, 2.05) is 4.90 Å². The minimum atomic E-state index is -0.483. The second-order valence-corrected chi connectivity index (χ2v) is 4.43. The summed E-state index contributed by atoms with van der Waals surface area (Å²) in [5.74, 6) is 0.0449. The SMILES string of the molecule is CN1CCN(C(=O)c2ccc(CF)cc2)CC1. The van der Waals surface area contributed by atoms with E-state index < -0.39 is 6.67 Å².